The molecule has 0 amide bonds. The average molecular weight is 274 g/mol. The van der Waals surface area contributed by atoms with Crippen LogP contribution in [0.1, 0.15) is 0 Å². The van der Waals surface area contributed by atoms with Gasteiger partial charge in [0.05, 0.1) is 18.0 Å². The van der Waals surface area contributed by atoms with Crippen molar-refractivity contribution in [1.29, 1.82) is 0 Å². The normalized spacial score (nSPS) is 10.9. The van der Waals surface area contributed by atoms with Crippen molar-refractivity contribution in [2.75, 3.05) is 7.11 Å². The molecule has 1 aromatic heterocycles. The maximum atomic E-state index is 12.2. The number of halogens is 2. The Labute approximate surface area is 104 Å². The standard InChI is InChI=1S/C10H8F2N2O3S/c1-16-6-3-5-4(2-7(6)17-9(11)12)8(15)14-10(18)13-5/h2-3,9H,1H3,(H2,13,14,15,18). The summed E-state index contributed by atoms with van der Waals surface area (Å²) in [6.07, 6.45) is 0. The zero-order valence-electron chi connectivity index (χ0n) is 9.12. The third-order valence-corrected chi connectivity index (χ3v) is 2.44. The monoisotopic (exact) mass is 274 g/mol. The van der Waals surface area contributed by atoms with Gasteiger partial charge in [0.25, 0.3) is 5.56 Å². The Balaban J connectivity index is 2.73. The van der Waals surface area contributed by atoms with Crippen LogP contribution in [0.25, 0.3) is 10.9 Å². The first-order valence-corrected chi connectivity index (χ1v) is 5.21. The molecule has 0 spiro atoms. The van der Waals surface area contributed by atoms with E-state index in [0.29, 0.717) is 5.52 Å². The molecule has 8 heteroatoms. The van der Waals surface area contributed by atoms with E-state index in [2.05, 4.69) is 14.7 Å². The maximum absolute atomic E-state index is 12.2. The van der Waals surface area contributed by atoms with E-state index < -0.39 is 12.2 Å². The van der Waals surface area contributed by atoms with Crippen LogP contribution in [-0.2, 0) is 0 Å². The summed E-state index contributed by atoms with van der Waals surface area (Å²) >= 11 is 4.81. The molecule has 0 bridgehead atoms. The molecule has 0 atom stereocenters. The van der Waals surface area contributed by atoms with E-state index >= 15 is 0 Å². The molecule has 0 aliphatic heterocycles. The molecule has 0 fully saturated rings. The quantitative estimate of drug-likeness (QED) is 0.842. The largest absolute Gasteiger partial charge is 0.493 e. The van der Waals surface area contributed by atoms with Crippen LogP contribution in [0.4, 0.5) is 8.78 Å². The number of rotatable bonds is 3. The van der Waals surface area contributed by atoms with Crippen LogP contribution >= 0.6 is 12.2 Å². The van der Waals surface area contributed by atoms with Crippen LogP contribution in [0.5, 0.6) is 11.5 Å². The Morgan fingerprint density at radius 3 is 2.61 bits per heavy atom. The topological polar surface area (TPSA) is 67.1 Å². The second-order valence-corrected chi connectivity index (χ2v) is 3.74. The van der Waals surface area contributed by atoms with Crippen LogP contribution in [0.15, 0.2) is 16.9 Å². The molecule has 18 heavy (non-hydrogen) atoms. The van der Waals surface area contributed by atoms with Crippen LogP contribution < -0.4 is 15.0 Å². The number of ether oxygens (including phenoxy) is 2. The summed E-state index contributed by atoms with van der Waals surface area (Å²) in [5.74, 6) is -0.130. The number of hydrogen-bond acceptors (Lipinski definition) is 4. The highest BCUT2D eigenvalue weighted by atomic mass is 32.1. The molecule has 0 aliphatic rings. The van der Waals surface area contributed by atoms with Gasteiger partial charge >= 0.3 is 6.61 Å². The summed E-state index contributed by atoms with van der Waals surface area (Å²) in [6.45, 7) is -3.00. The first kappa shape index (κ1) is 12.5. The van der Waals surface area contributed by atoms with E-state index in [1.807, 2.05) is 0 Å². The summed E-state index contributed by atoms with van der Waals surface area (Å²) in [5.41, 5.74) is -0.113. The Morgan fingerprint density at radius 2 is 2.00 bits per heavy atom. The molecule has 96 valence electrons. The lowest BCUT2D eigenvalue weighted by Gasteiger charge is -2.10. The van der Waals surface area contributed by atoms with Crippen molar-refractivity contribution in [1.82, 2.24) is 9.97 Å². The van der Waals surface area contributed by atoms with Gasteiger partial charge in [0.1, 0.15) is 0 Å². The van der Waals surface area contributed by atoms with Crippen LogP contribution in [0.2, 0.25) is 0 Å². The molecule has 5 nitrogen and oxygen atoms in total. The molecule has 0 saturated heterocycles. The van der Waals surface area contributed by atoms with Crippen LogP contribution in [-0.4, -0.2) is 23.7 Å². The Morgan fingerprint density at radius 1 is 1.28 bits per heavy atom. The fourth-order valence-electron chi connectivity index (χ4n) is 1.52. The van der Waals surface area contributed by atoms with E-state index in [4.69, 9.17) is 17.0 Å². The number of benzene rings is 1. The summed E-state index contributed by atoms with van der Waals surface area (Å²) < 4.78 is 33.8. The van der Waals surface area contributed by atoms with Gasteiger partial charge in [-0.15, -0.1) is 0 Å². The third kappa shape index (κ3) is 2.33. The van der Waals surface area contributed by atoms with Gasteiger partial charge < -0.3 is 14.5 Å². The first-order valence-electron chi connectivity index (χ1n) is 4.80. The molecular formula is C10H8F2N2O3S. The number of aromatic amines is 2. The third-order valence-electron chi connectivity index (χ3n) is 2.24. The zero-order chi connectivity index (χ0) is 13.3. The van der Waals surface area contributed by atoms with Gasteiger partial charge in [-0.25, -0.2) is 0 Å². The van der Waals surface area contributed by atoms with Crippen molar-refractivity contribution >= 4 is 23.1 Å². The van der Waals surface area contributed by atoms with Gasteiger partial charge in [0.15, 0.2) is 16.3 Å². The highest BCUT2D eigenvalue weighted by Crippen LogP contribution is 2.31. The lowest BCUT2D eigenvalue weighted by atomic mass is 10.2. The van der Waals surface area contributed by atoms with Gasteiger partial charge in [0.2, 0.25) is 0 Å². The summed E-state index contributed by atoms with van der Waals surface area (Å²) in [4.78, 5) is 16.7. The Kier molecular flexibility index (Phi) is 3.28. The fraction of sp³-hybridized carbons (Fsp3) is 0.200. The smallest absolute Gasteiger partial charge is 0.387 e. The molecule has 0 aliphatic carbocycles. The molecule has 2 rings (SSSR count). The number of fused-ring (bicyclic) bond motifs is 1. The van der Waals surface area contributed by atoms with E-state index in [1.54, 1.807) is 0 Å². The molecular weight excluding hydrogens is 266 g/mol. The van der Waals surface area contributed by atoms with Crippen molar-refractivity contribution in [3.05, 3.63) is 27.3 Å². The second kappa shape index (κ2) is 4.73. The van der Waals surface area contributed by atoms with Crippen molar-refractivity contribution in [3.63, 3.8) is 0 Å². The van der Waals surface area contributed by atoms with Crippen molar-refractivity contribution in [3.8, 4) is 11.5 Å². The molecule has 1 heterocycles. The van der Waals surface area contributed by atoms with Gasteiger partial charge in [-0.3, -0.25) is 9.78 Å². The summed E-state index contributed by atoms with van der Waals surface area (Å²) in [7, 11) is 1.31. The lowest BCUT2D eigenvalue weighted by molar-refractivity contribution is -0.0511. The van der Waals surface area contributed by atoms with Gasteiger partial charge in [-0.05, 0) is 18.3 Å². The van der Waals surface area contributed by atoms with E-state index in [1.165, 1.54) is 19.2 Å². The van der Waals surface area contributed by atoms with Crippen molar-refractivity contribution in [2.24, 2.45) is 0 Å². The number of nitrogens with one attached hydrogen (secondary N) is 2. The SMILES string of the molecule is COc1cc2[nH]c(=S)[nH]c(=O)c2cc1OC(F)F. The summed E-state index contributed by atoms with van der Waals surface area (Å²) in [5, 5.41) is 0.153. The molecule has 0 unspecified atom stereocenters. The van der Waals surface area contributed by atoms with Crippen LogP contribution in [0, 0.1) is 4.77 Å². The van der Waals surface area contributed by atoms with E-state index in [9.17, 15) is 13.6 Å². The zero-order valence-corrected chi connectivity index (χ0v) is 9.94. The van der Waals surface area contributed by atoms with Gasteiger partial charge in [0, 0.05) is 6.07 Å². The number of methoxy groups -OCH3 is 1. The maximum Gasteiger partial charge on any atom is 0.387 e. The van der Waals surface area contributed by atoms with E-state index in [-0.39, 0.29) is 21.7 Å². The molecule has 2 N–H and O–H groups in total. The minimum atomic E-state index is -3.00. The number of hydrogen-bond donors (Lipinski definition) is 2. The number of aromatic nitrogens is 2. The highest BCUT2D eigenvalue weighted by Gasteiger charge is 2.13. The van der Waals surface area contributed by atoms with E-state index in [0.717, 1.165) is 0 Å². The predicted octanol–water partition coefficient (Wildman–Crippen LogP) is 2.20. The number of H-pyrrole nitrogens is 2. The van der Waals surface area contributed by atoms with Gasteiger partial charge in [-0.1, -0.05) is 0 Å². The Hall–Kier alpha value is -1.96. The van der Waals surface area contributed by atoms with Crippen molar-refractivity contribution in [2.45, 2.75) is 6.61 Å². The molecule has 0 radical (unpaired) electrons. The lowest BCUT2D eigenvalue weighted by Crippen LogP contribution is -2.09. The average Bonchev–Trinajstić information content (AvgIpc) is 2.28. The molecule has 2 aromatic rings. The second-order valence-electron chi connectivity index (χ2n) is 3.34. The van der Waals surface area contributed by atoms with Crippen LogP contribution in [0.3, 0.4) is 0 Å². The first-order chi connectivity index (χ1) is 8.51. The fourth-order valence-corrected chi connectivity index (χ4v) is 1.73. The highest BCUT2D eigenvalue weighted by molar-refractivity contribution is 7.71. The summed E-state index contributed by atoms with van der Waals surface area (Å²) in [6, 6.07) is 2.54. The predicted molar refractivity (Wildman–Crippen MR) is 62.9 cm³/mol. The minimum absolute atomic E-state index is 0.0825. The number of alkyl halides is 2. The van der Waals surface area contributed by atoms with Crippen molar-refractivity contribution < 1.29 is 18.3 Å². The molecule has 1 aromatic carbocycles. The molecule has 0 saturated carbocycles. The Bertz CT molecular complexity index is 696. The van der Waals surface area contributed by atoms with Gasteiger partial charge in [-0.2, -0.15) is 8.78 Å². The minimum Gasteiger partial charge on any atom is -0.493 e.